The van der Waals surface area contributed by atoms with E-state index in [2.05, 4.69) is 41.0 Å². The highest BCUT2D eigenvalue weighted by molar-refractivity contribution is 14.1. The van der Waals surface area contributed by atoms with Crippen LogP contribution in [0.2, 0.25) is 0 Å². The van der Waals surface area contributed by atoms with Gasteiger partial charge >= 0.3 is 12.3 Å². The van der Waals surface area contributed by atoms with Crippen LogP contribution >= 0.6 is 20.3 Å². The summed E-state index contributed by atoms with van der Waals surface area (Å²) in [6.45, 7) is 8.31. The largest absolute Gasteiger partial charge is 0.529 e. The number of rotatable bonds is 2. The highest BCUT2D eigenvalue weighted by Gasteiger charge is 2.52. The fraction of sp³-hybridized carbons (Fsp3) is 1.00. The maximum atomic E-state index is 5.88. The minimum atomic E-state index is -0.888. The lowest BCUT2D eigenvalue weighted by molar-refractivity contribution is -0.304. The standard InChI is InChI=1S/C10H17O4.Al.HI.H/c1-5-6(2)8-9(12-7(5)3)14-10(4,11)13-8;;;/h5-9H,1-4H3;;1H;/q-1;+2;;/p-1/t5-,6+,7?,8?,9-,10?;;;/m1.../s1. The van der Waals surface area contributed by atoms with Crippen LogP contribution in [0.3, 0.4) is 0 Å². The number of halogens is 1. The van der Waals surface area contributed by atoms with E-state index in [1.807, 2.05) is 6.92 Å². The van der Waals surface area contributed by atoms with Crippen molar-refractivity contribution in [3.05, 3.63) is 0 Å². The molecule has 4 nitrogen and oxygen atoms in total. The Kier molecular flexibility index (Phi) is 4.23. The molecule has 0 aromatic heterocycles. The van der Waals surface area contributed by atoms with Crippen LogP contribution in [0.5, 0.6) is 0 Å². The summed E-state index contributed by atoms with van der Waals surface area (Å²) in [6, 6.07) is 0. The fourth-order valence-electron chi connectivity index (χ4n) is 2.30. The van der Waals surface area contributed by atoms with E-state index in [9.17, 15) is 0 Å². The third-order valence-corrected chi connectivity index (χ3v) is 5.27. The van der Waals surface area contributed by atoms with Crippen LogP contribution in [0.4, 0.5) is 0 Å². The minimum absolute atomic E-state index is 0.00634. The smallest absolute Gasteiger partial charge is 0.447 e. The normalized spacial score (nSPS) is 52.4. The van der Waals surface area contributed by atoms with Gasteiger partial charge in [0.15, 0.2) is 6.29 Å². The van der Waals surface area contributed by atoms with Crippen LogP contribution < -0.4 is 0 Å². The summed E-state index contributed by atoms with van der Waals surface area (Å²) >= 11 is 1.68. The molecule has 2 aliphatic heterocycles. The van der Waals surface area contributed by atoms with Gasteiger partial charge in [-0.2, -0.15) is 20.3 Å². The first-order valence-corrected chi connectivity index (χ1v) is 11.4. The lowest BCUT2D eigenvalue weighted by Gasteiger charge is -2.38. The molecule has 3 unspecified atom stereocenters. The van der Waals surface area contributed by atoms with Gasteiger partial charge in [0.25, 0.3) is 5.97 Å². The highest BCUT2D eigenvalue weighted by Crippen LogP contribution is 2.41. The van der Waals surface area contributed by atoms with Crippen molar-refractivity contribution in [2.24, 2.45) is 11.8 Å². The van der Waals surface area contributed by atoms with E-state index in [1.165, 1.54) is 0 Å². The molecule has 2 fully saturated rings. The SMILES string of the molecule is CC1O[C@@H]2OC(C)([O][AlH][I])OC2[C@@H](C)[C@H]1C. The Labute approximate surface area is 114 Å². The van der Waals surface area contributed by atoms with Crippen LogP contribution in [0.1, 0.15) is 27.7 Å². The molecule has 0 saturated carbocycles. The molecule has 16 heavy (non-hydrogen) atoms. The summed E-state index contributed by atoms with van der Waals surface area (Å²) < 4.78 is 23.1. The lowest BCUT2D eigenvalue weighted by atomic mass is 9.84. The van der Waals surface area contributed by atoms with Crippen molar-refractivity contribution in [3.63, 3.8) is 0 Å². The molecule has 2 saturated heterocycles. The zero-order chi connectivity index (χ0) is 11.9. The zero-order valence-electron chi connectivity index (χ0n) is 10.1. The predicted octanol–water partition coefficient (Wildman–Crippen LogP) is 1.81. The van der Waals surface area contributed by atoms with Crippen molar-refractivity contribution in [3.8, 4) is 0 Å². The van der Waals surface area contributed by atoms with Gasteiger partial charge in [0.05, 0.1) is 6.10 Å². The average Bonchev–Trinajstić information content (AvgIpc) is 2.52. The Bertz CT molecular complexity index is 267. The van der Waals surface area contributed by atoms with Crippen LogP contribution in [-0.4, -0.2) is 36.7 Å². The number of hydrogen-bond acceptors (Lipinski definition) is 4. The molecule has 0 amide bonds. The Hall–Kier alpha value is 1.10. The molecule has 0 N–H and O–H groups in total. The van der Waals surface area contributed by atoms with Crippen LogP contribution in [0.25, 0.3) is 0 Å². The van der Waals surface area contributed by atoms with E-state index in [1.54, 1.807) is 0 Å². The van der Waals surface area contributed by atoms with Gasteiger partial charge in [-0.05, 0) is 18.8 Å². The second kappa shape index (κ2) is 5.00. The molecule has 0 aliphatic carbocycles. The van der Waals surface area contributed by atoms with E-state index in [4.69, 9.17) is 18.0 Å². The summed E-state index contributed by atoms with van der Waals surface area (Å²) in [6.07, 6.45) is -0.0738. The van der Waals surface area contributed by atoms with Gasteiger partial charge < -0.3 is 13.3 Å². The van der Waals surface area contributed by atoms with E-state index in [0.29, 0.717) is 11.8 Å². The summed E-state index contributed by atoms with van der Waals surface area (Å²) in [5.41, 5.74) is 0. The third-order valence-electron chi connectivity index (χ3n) is 3.70. The zero-order valence-corrected chi connectivity index (χ0v) is 13.7. The van der Waals surface area contributed by atoms with Crippen molar-refractivity contribution in [2.45, 2.75) is 52.2 Å². The molecule has 0 radical (unpaired) electrons. The second-order valence-electron chi connectivity index (χ2n) is 4.74. The summed E-state index contributed by atoms with van der Waals surface area (Å²) in [7, 11) is 0. The Morgan fingerprint density at radius 3 is 2.50 bits per heavy atom. The van der Waals surface area contributed by atoms with Gasteiger partial charge in [0, 0.05) is 6.92 Å². The first-order chi connectivity index (χ1) is 7.47. The molecule has 2 heterocycles. The molecular weight excluding hydrogens is 338 g/mol. The van der Waals surface area contributed by atoms with Crippen molar-refractivity contribution in [1.29, 1.82) is 0 Å². The highest BCUT2D eigenvalue weighted by atomic mass is 127. The van der Waals surface area contributed by atoms with Gasteiger partial charge in [-0.1, -0.05) is 13.8 Å². The Morgan fingerprint density at radius 1 is 1.19 bits per heavy atom. The monoisotopic (exact) mass is 356 g/mol. The van der Waals surface area contributed by atoms with E-state index in [-0.39, 0.29) is 18.5 Å². The van der Waals surface area contributed by atoms with Gasteiger partial charge in [-0.25, -0.2) is 0 Å². The summed E-state index contributed by atoms with van der Waals surface area (Å²) in [4.78, 5) is 0. The van der Waals surface area contributed by atoms with Crippen molar-refractivity contribution >= 4 is 32.5 Å². The van der Waals surface area contributed by atoms with Gasteiger partial charge in [0.2, 0.25) is 0 Å². The van der Waals surface area contributed by atoms with Crippen molar-refractivity contribution in [1.82, 2.24) is 0 Å². The molecule has 2 aliphatic rings. The fourth-order valence-corrected chi connectivity index (χ4v) is 4.33. The molecule has 92 valence electrons. The molecule has 0 spiro atoms. The second-order valence-corrected chi connectivity index (χ2v) is 7.12. The number of ether oxygens (including phenoxy) is 3. The molecule has 0 bridgehead atoms. The first kappa shape index (κ1) is 13.5. The molecule has 0 aromatic rings. The van der Waals surface area contributed by atoms with Gasteiger partial charge in [0.1, 0.15) is 6.10 Å². The van der Waals surface area contributed by atoms with Crippen LogP contribution in [0.15, 0.2) is 0 Å². The topological polar surface area (TPSA) is 36.9 Å². The lowest BCUT2D eigenvalue weighted by Crippen LogP contribution is -2.46. The maximum absolute atomic E-state index is 5.88. The predicted molar refractivity (Wildman–Crippen MR) is 69.3 cm³/mol. The van der Waals surface area contributed by atoms with Crippen LogP contribution in [0, 0.1) is 11.8 Å². The van der Waals surface area contributed by atoms with E-state index < -0.39 is 18.2 Å². The minimum Gasteiger partial charge on any atom is -0.447 e. The maximum Gasteiger partial charge on any atom is 0.529 e. The van der Waals surface area contributed by atoms with Gasteiger partial charge in [-0.3, -0.25) is 4.74 Å². The first-order valence-electron chi connectivity index (χ1n) is 5.68. The molecule has 6 heteroatoms. The average molecular weight is 356 g/mol. The van der Waals surface area contributed by atoms with Crippen molar-refractivity contribution < 1.29 is 18.0 Å². The van der Waals surface area contributed by atoms with E-state index >= 15 is 0 Å². The molecular formula is C10H18AlIO4. The Morgan fingerprint density at radius 2 is 1.88 bits per heavy atom. The number of fused-ring (bicyclic) bond motifs is 1. The Balaban J connectivity index is 2.09. The third kappa shape index (κ3) is 2.44. The van der Waals surface area contributed by atoms with Crippen molar-refractivity contribution in [2.75, 3.05) is 0 Å². The van der Waals surface area contributed by atoms with E-state index in [0.717, 1.165) is 0 Å². The molecule has 6 atom stereocenters. The number of hydrogen-bond donors (Lipinski definition) is 0. The summed E-state index contributed by atoms with van der Waals surface area (Å²) in [5.74, 6) is 0.0138. The molecule has 0 aromatic carbocycles. The molecule has 2 rings (SSSR count). The summed E-state index contributed by atoms with van der Waals surface area (Å²) in [5, 5.41) is 0. The van der Waals surface area contributed by atoms with Gasteiger partial charge in [-0.15, -0.1) is 0 Å². The quantitative estimate of drug-likeness (QED) is 0.559. The van der Waals surface area contributed by atoms with Crippen LogP contribution in [-0.2, 0) is 18.0 Å².